The van der Waals surface area contributed by atoms with E-state index in [1.165, 1.54) is 0 Å². The minimum atomic E-state index is -1.02. The summed E-state index contributed by atoms with van der Waals surface area (Å²) in [4.78, 5) is 27.8. The van der Waals surface area contributed by atoms with Gasteiger partial charge in [0.05, 0.1) is 17.2 Å². The van der Waals surface area contributed by atoms with Gasteiger partial charge in [0.1, 0.15) is 17.1 Å². The van der Waals surface area contributed by atoms with Crippen molar-refractivity contribution in [3.8, 4) is 0 Å². The highest BCUT2D eigenvalue weighted by atomic mass is 16.4. The molecule has 2 unspecified atom stereocenters. The van der Waals surface area contributed by atoms with Gasteiger partial charge in [0.2, 0.25) is 0 Å². The van der Waals surface area contributed by atoms with Gasteiger partial charge in [-0.05, 0) is 68.6 Å². The molecule has 2 aromatic heterocycles. The Morgan fingerprint density at radius 3 is 2.41 bits per heavy atom. The van der Waals surface area contributed by atoms with Crippen molar-refractivity contribution in [3.05, 3.63) is 68.5 Å². The SMILES string of the molecule is CCc1c(C2CC2c2occc2C)oc2ccc(C(=O)O)c(CCN(CC)CC)c2c1=O. The van der Waals surface area contributed by atoms with Crippen LogP contribution < -0.4 is 5.43 Å². The van der Waals surface area contributed by atoms with Crippen molar-refractivity contribution in [2.75, 3.05) is 19.6 Å². The van der Waals surface area contributed by atoms with E-state index in [0.29, 0.717) is 41.5 Å². The highest BCUT2D eigenvalue weighted by Gasteiger charge is 2.46. The van der Waals surface area contributed by atoms with Gasteiger partial charge in [-0.3, -0.25) is 4.79 Å². The van der Waals surface area contributed by atoms with E-state index in [1.54, 1.807) is 18.4 Å². The zero-order valence-electron chi connectivity index (χ0n) is 19.2. The zero-order valence-corrected chi connectivity index (χ0v) is 19.2. The van der Waals surface area contributed by atoms with Gasteiger partial charge in [-0.15, -0.1) is 0 Å². The topological polar surface area (TPSA) is 83.9 Å². The Hall–Kier alpha value is -2.86. The van der Waals surface area contributed by atoms with E-state index in [-0.39, 0.29) is 22.8 Å². The lowest BCUT2D eigenvalue weighted by Crippen LogP contribution is -2.26. The molecule has 0 saturated heterocycles. The van der Waals surface area contributed by atoms with Crippen LogP contribution in [0.3, 0.4) is 0 Å². The lowest BCUT2D eigenvalue weighted by atomic mass is 9.95. The summed E-state index contributed by atoms with van der Waals surface area (Å²) in [5.41, 5.74) is 2.91. The number of carboxylic acids is 1. The maximum Gasteiger partial charge on any atom is 0.335 e. The molecular weight excluding hydrogens is 406 g/mol. The highest BCUT2D eigenvalue weighted by Crippen LogP contribution is 2.56. The number of fused-ring (bicyclic) bond motifs is 1. The van der Waals surface area contributed by atoms with E-state index in [0.717, 1.165) is 36.6 Å². The average Bonchev–Trinajstić information content (AvgIpc) is 3.45. The Kier molecular flexibility index (Phi) is 6.24. The molecule has 1 N–H and O–H groups in total. The summed E-state index contributed by atoms with van der Waals surface area (Å²) in [6, 6.07) is 5.17. The maximum absolute atomic E-state index is 13.7. The van der Waals surface area contributed by atoms with Gasteiger partial charge in [-0.2, -0.15) is 0 Å². The van der Waals surface area contributed by atoms with Gasteiger partial charge in [0.25, 0.3) is 0 Å². The van der Waals surface area contributed by atoms with Gasteiger partial charge in [-0.25, -0.2) is 4.79 Å². The molecule has 6 heteroatoms. The summed E-state index contributed by atoms with van der Waals surface area (Å²) < 4.78 is 12.0. The number of aromatic carboxylic acids is 1. The van der Waals surface area contributed by atoms with Gasteiger partial charge in [0.15, 0.2) is 5.43 Å². The standard InChI is InChI=1S/C26H31NO5/c1-5-16-23(28)22-17(10-12-27(6-2)7-3)18(26(29)30)8-9-21(22)32-25(16)20-14-19(20)24-15(4)11-13-31-24/h8-9,11,13,19-20H,5-7,10,12,14H2,1-4H3,(H,29,30). The molecule has 0 bridgehead atoms. The first-order valence-electron chi connectivity index (χ1n) is 11.5. The van der Waals surface area contributed by atoms with E-state index in [4.69, 9.17) is 8.83 Å². The number of furan rings is 1. The fourth-order valence-electron chi connectivity index (χ4n) is 4.85. The molecule has 1 saturated carbocycles. The molecule has 170 valence electrons. The largest absolute Gasteiger partial charge is 0.478 e. The molecular formula is C26H31NO5. The summed E-state index contributed by atoms with van der Waals surface area (Å²) in [5.74, 6) is 1.00. The van der Waals surface area contributed by atoms with Crippen LogP contribution in [0.4, 0.5) is 0 Å². The fraction of sp³-hybridized carbons (Fsp3) is 0.462. The fourth-order valence-corrected chi connectivity index (χ4v) is 4.85. The summed E-state index contributed by atoms with van der Waals surface area (Å²) in [6.45, 7) is 10.6. The number of carbonyl (C=O) groups is 1. The first-order valence-corrected chi connectivity index (χ1v) is 11.5. The summed E-state index contributed by atoms with van der Waals surface area (Å²) in [5, 5.41) is 10.2. The van der Waals surface area contributed by atoms with Crippen LogP contribution in [0.1, 0.15) is 77.6 Å². The Bertz CT molecular complexity index is 1200. The predicted molar refractivity (Wildman–Crippen MR) is 124 cm³/mol. The second-order valence-electron chi connectivity index (χ2n) is 8.59. The Morgan fingerprint density at radius 1 is 1.09 bits per heavy atom. The van der Waals surface area contributed by atoms with Crippen LogP contribution in [0.15, 0.2) is 38.1 Å². The number of likely N-dealkylation sites (N-methyl/N-ethyl adjacent to an activating group) is 1. The van der Waals surface area contributed by atoms with Crippen LogP contribution in [0.5, 0.6) is 0 Å². The molecule has 2 atom stereocenters. The van der Waals surface area contributed by atoms with E-state index >= 15 is 0 Å². The molecule has 1 aliphatic carbocycles. The molecule has 1 aliphatic rings. The summed E-state index contributed by atoms with van der Waals surface area (Å²) in [7, 11) is 0. The molecule has 0 amide bonds. The van der Waals surface area contributed by atoms with Gasteiger partial charge < -0.3 is 18.8 Å². The van der Waals surface area contributed by atoms with Crippen molar-refractivity contribution < 1.29 is 18.7 Å². The van der Waals surface area contributed by atoms with Crippen molar-refractivity contribution in [1.82, 2.24) is 4.90 Å². The van der Waals surface area contributed by atoms with Crippen molar-refractivity contribution >= 4 is 16.9 Å². The van der Waals surface area contributed by atoms with Crippen LogP contribution in [0, 0.1) is 6.92 Å². The second kappa shape index (κ2) is 8.94. The van der Waals surface area contributed by atoms with Gasteiger partial charge in [-0.1, -0.05) is 20.8 Å². The molecule has 1 aromatic carbocycles. The smallest absolute Gasteiger partial charge is 0.335 e. The number of nitrogens with zero attached hydrogens (tertiary/aromatic N) is 1. The predicted octanol–water partition coefficient (Wildman–Crippen LogP) is 5.11. The molecule has 3 aromatic rings. The van der Waals surface area contributed by atoms with Crippen molar-refractivity contribution in [1.29, 1.82) is 0 Å². The molecule has 32 heavy (non-hydrogen) atoms. The number of aryl methyl sites for hydroxylation is 1. The summed E-state index contributed by atoms with van der Waals surface area (Å²) in [6.07, 6.45) is 3.62. The number of rotatable bonds is 9. The van der Waals surface area contributed by atoms with Crippen LogP contribution in [0.25, 0.3) is 11.0 Å². The van der Waals surface area contributed by atoms with Crippen LogP contribution in [0.2, 0.25) is 0 Å². The summed E-state index contributed by atoms with van der Waals surface area (Å²) >= 11 is 0. The number of carboxylic acid groups (broad SMARTS) is 1. The number of hydrogen-bond donors (Lipinski definition) is 1. The maximum atomic E-state index is 13.7. The quantitative estimate of drug-likeness (QED) is 0.501. The first-order chi connectivity index (χ1) is 15.4. The highest BCUT2D eigenvalue weighted by molar-refractivity contribution is 5.96. The molecule has 6 nitrogen and oxygen atoms in total. The molecule has 0 aliphatic heterocycles. The average molecular weight is 438 g/mol. The Labute approximate surface area is 187 Å². The molecule has 4 rings (SSSR count). The third-order valence-corrected chi connectivity index (χ3v) is 6.82. The molecule has 2 heterocycles. The normalized spacial score (nSPS) is 17.9. The van der Waals surface area contributed by atoms with Gasteiger partial charge in [0, 0.05) is 23.9 Å². The number of hydrogen-bond acceptors (Lipinski definition) is 5. The van der Waals surface area contributed by atoms with Gasteiger partial charge >= 0.3 is 5.97 Å². The lowest BCUT2D eigenvalue weighted by molar-refractivity contribution is 0.0695. The van der Waals surface area contributed by atoms with E-state index < -0.39 is 5.97 Å². The molecule has 1 fully saturated rings. The zero-order chi connectivity index (χ0) is 23.0. The molecule has 0 radical (unpaired) electrons. The minimum Gasteiger partial charge on any atom is -0.478 e. The van der Waals surface area contributed by atoms with Crippen LogP contribution in [-0.2, 0) is 12.8 Å². The van der Waals surface area contributed by atoms with E-state index in [9.17, 15) is 14.7 Å². The van der Waals surface area contributed by atoms with Crippen molar-refractivity contribution in [3.63, 3.8) is 0 Å². The van der Waals surface area contributed by atoms with Crippen LogP contribution in [-0.4, -0.2) is 35.6 Å². The minimum absolute atomic E-state index is 0.0942. The monoisotopic (exact) mass is 437 g/mol. The molecule has 0 spiro atoms. The first kappa shape index (κ1) is 22.3. The third-order valence-electron chi connectivity index (χ3n) is 6.82. The van der Waals surface area contributed by atoms with Crippen LogP contribution >= 0.6 is 0 Å². The number of benzene rings is 1. The third kappa shape index (κ3) is 3.88. The lowest BCUT2D eigenvalue weighted by Gasteiger charge is -2.19. The van der Waals surface area contributed by atoms with Crippen molar-refractivity contribution in [2.45, 2.75) is 58.8 Å². The van der Waals surface area contributed by atoms with E-state index in [2.05, 4.69) is 18.7 Å². The Morgan fingerprint density at radius 2 is 1.81 bits per heavy atom. The van der Waals surface area contributed by atoms with E-state index in [1.807, 2.05) is 19.9 Å². The van der Waals surface area contributed by atoms with Crippen molar-refractivity contribution in [2.24, 2.45) is 0 Å². The second-order valence-corrected chi connectivity index (χ2v) is 8.59. The Balaban J connectivity index is 1.82.